The lowest BCUT2D eigenvalue weighted by Gasteiger charge is -2.00. The van der Waals surface area contributed by atoms with E-state index in [2.05, 4.69) is 16.8 Å². The van der Waals surface area contributed by atoms with Crippen LogP contribution in [0.3, 0.4) is 0 Å². The molecular weight excluding hydrogens is 276 g/mol. The molecule has 0 aliphatic carbocycles. The molecule has 0 atom stereocenters. The molecule has 0 saturated heterocycles. The van der Waals surface area contributed by atoms with Crippen LogP contribution in [-0.2, 0) is 4.79 Å². The van der Waals surface area contributed by atoms with Gasteiger partial charge in [-0.05, 0) is 42.3 Å². The number of ether oxygens (including phenoxy) is 1. The number of hydrogen-bond acceptors (Lipinski definition) is 4. The van der Waals surface area contributed by atoms with Crippen LogP contribution in [0.25, 0.3) is 0 Å². The van der Waals surface area contributed by atoms with Crippen LogP contribution in [0.15, 0.2) is 71.4 Å². The van der Waals surface area contributed by atoms with Crippen LogP contribution in [-0.4, -0.2) is 18.4 Å². The van der Waals surface area contributed by atoms with E-state index < -0.39 is 5.97 Å². The number of esters is 1. The highest BCUT2D eigenvalue weighted by Crippen LogP contribution is 2.11. The van der Waals surface area contributed by atoms with Gasteiger partial charge in [-0.15, -0.1) is 0 Å². The van der Waals surface area contributed by atoms with Crippen LogP contribution in [0, 0.1) is 6.92 Å². The molecule has 0 aromatic heterocycles. The average molecular weight is 292 g/mol. The summed E-state index contributed by atoms with van der Waals surface area (Å²) in [5.41, 5.74) is 3.06. The van der Waals surface area contributed by atoms with Crippen LogP contribution in [0.5, 0.6) is 5.75 Å². The van der Waals surface area contributed by atoms with Crippen LogP contribution in [0.4, 0.5) is 0 Å². The summed E-state index contributed by atoms with van der Waals surface area (Å²) in [6.07, 6.45) is 4.44. The highest BCUT2D eigenvalue weighted by molar-refractivity contribution is 5.84. The molecule has 0 fully saturated rings. The van der Waals surface area contributed by atoms with E-state index in [1.54, 1.807) is 36.7 Å². The quantitative estimate of drug-likeness (QED) is 0.278. The molecule has 4 heteroatoms. The molecule has 0 amide bonds. The molecule has 0 radical (unpaired) electrons. The number of aryl methyl sites for hydroxylation is 1. The zero-order chi connectivity index (χ0) is 15.8. The second-order valence-corrected chi connectivity index (χ2v) is 4.59. The molecule has 4 nitrogen and oxygen atoms in total. The molecule has 0 spiro atoms. The van der Waals surface area contributed by atoms with Gasteiger partial charge >= 0.3 is 5.97 Å². The molecule has 110 valence electrons. The highest BCUT2D eigenvalue weighted by atomic mass is 16.5. The van der Waals surface area contributed by atoms with Gasteiger partial charge in [0.05, 0.1) is 12.4 Å². The van der Waals surface area contributed by atoms with Crippen LogP contribution in [0.1, 0.15) is 16.7 Å². The van der Waals surface area contributed by atoms with E-state index in [0.717, 1.165) is 17.2 Å². The monoisotopic (exact) mass is 292 g/mol. The average Bonchev–Trinajstić information content (AvgIpc) is 2.54. The zero-order valence-corrected chi connectivity index (χ0v) is 12.3. The predicted octanol–water partition coefficient (Wildman–Crippen LogP) is 3.54. The van der Waals surface area contributed by atoms with Crippen molar-refractivity contribution in [3.05, 3.63) is 77.9 Å². The van der Waals surface area contributed by atoms with E-state index in [1.807, 2.05) is 31.2 Å². The summed E-state index contributed by atoms with van der Waals surface area (Å²) in [5, 5.41) is 7.98. The Kier molecular flexibility index (Phi) is 5.37. The van der Waals surface area contributed by atoms with Gasteiger partial charge in [0, 0.05) is 6.08 Å². The van der Waals surface area contributed by atoms with E-state index >= 15 is 0 Å². The standard InChI is InChI=1S/C18H16N2O2/c1-3-18(21)22-17-10-8-16(9-11-17)13-20-19-12-15-6-4-14(2)5-7-15/h3-13H,1H2,2H3/b19-12+,20-13+. The minimum absolute atomic E-state index is 0.463. The molecule has 0 unspecified atom stereocenters. The van der Waals surface area contributed by atoms with Gasteiger partial charge in [-0.25, -0.2) is 4.79 Å². The van der Waals surface area contributed by atoms with Crippen LogP contribution < -0.4 is 4.74 Å². The summed E-state index contributed by atoms with van der Waals surface area (Å²) in [6.45, 7) is 5.38. The minimum Gasteiger partial charge on any atom is -0.423 e. The molecule has 0 aliphatic heterocycles. The van der Waals surface area contributed by atoms with Crippen molar-refractivity contribution < 1.29 is 9.53 Å². The van der Waals surface area contributed by atoms with E-state index in [-0.39, 0.29) is 0 Å². The van der Waals surface area contributed by atoms with Gasteiger partial charge in [-0.2, -0.15) is 10.2 Å². The normalized spacial score (nSPS) is 11.0. The molecule has 0 bridgehead atoms. The molecule has 0 saturated carbocycles. The van der Waals surface area contributed by atoms with Gasteiger partial charge in [0.1, 0.15) is 5.75 Å². The summed E-state index contributed by atoms with van der Waals surface area (Å²) in [5.74, 6) is -0.0191. The SMILES string of the molecule is C=CC(=O)Oc1ccc(/C=N/N=C/c2ccc(C)cc2)cc1. The van der Waals surface area contributed by atoms with E-state index in [1.165, 1.54) is 5.56 Å². The van der Waals surface area contributed by atoms with Gasteiger partial charge in [-0.3, -0.25) is 0 Å². The van der Waals surface area contributed by atoms with Crippen molar-refractivity contribution in [2.24, 2.45) is 10.2 Å². The fourth-order valence-electron chi connectivity index (χ4n) is 1.63. The molecule has 0 aliphatic rings. The first-order valence-corrected chi connectivity index (χ1v) is 6.75. The summed E-state index contributed by atoms with van der Waals surface area (Å²) < 4.78 is 4.98. The molecule has 22 heavy (non-hydrogen) atoms. The second kappa shape index (κ2) is 7.69. The Balaban J connectivity index is 1.94. The Labute approximate surface area is 129 Å². The molecule has 2 aromatic rings. The van der Waals surface area contributed by atoms with E-state index in [0.29, 0.717) is 5.75 Å². The Morgan fingerprint density at radius 1 is 0.955 bits per heavy atom. The van der Waals surface area contributed by atoms with Crippen molar-refractivity contribution in [1.29, 1.82) is 0 Å². The number of nitrogens with zero attached hydrogens (tertiary/aromatic N) is 2. The van der Waals surface area contributed by atoms with Gasteiger partial charge in [0.15, 0.2) is 0 Å². The first kappa shape index (κ1) is 15.4. The number of rotatable bonds is 5. The molecule has 2 aromatic carbocycles. The number of carbonyl (C=O) groups excluding carboxylic acids is 1. The minimum atomic E-state index is -0.482. The van der Waals surface area contributed by atoms with Gasteiger partial charge in [0.2, 0.25) is 0 Å². The lowest BCUT2D eigenvalue weighted by Crippen LogP contribution is -2.02. The van der Waals surface area contributed by atoms with Crippen molar-refractivity contribution in [3.63, 3.8) is 0 Å². The zero-order valence-electron chi connectivity index (χ0n) is 12.3. The molecule has 2 rings (SSSR count). The van der Waals surface area contributed by atoms with Gasteiger partial charge in [-0.1, -0.05) is 36.4 Å². The molecule has 0 N–H and O–H groups in total. The van der Waals surface area contributed by atoms with E-state index in [9.17, 15) is 4.79 Å². The Morgan fingerprint density at radius 2 is 1.45 bits per heavy atom. The van der Waals surface area contributed by atoms with Crippen LogP contribution in [0.2, 0.25) is 0 Å². The summed E-state index contributed by atoms with van der Waals surface area (Å²) >= 11 is 0. The Hall–Kier alpha value is -3.01. The first-order valence-electron chi connectivity index (χ1n) is 6.75. The van der Waals surface area contributed by atoms with Gasteiger partial charge < -0.3 is 4.74 Å². The molecular formula is C18H16N2O2. The fraction of sp³-hybridized carbons (Fsp3) is 0.0556. The van der Waals surface area contributed by atoms with Crippen molar-refractivity contribution in [3.8, 4) is 5.75 Å². The fourth-order valence-corrected chi connectivity index (χ4v) is 1.63. The van der Waals surface area contributed by atoms with Crippen molar-refractivity contribution >= 4 is 18.4 Å². The third-order valence-corrected chi connectivity index (χ3v) is 2.82. The third kappa shape index (κ3) is 4.83. The largest absolute Gasteiger partial charge is 0.423 e. The third-order valence-electron chi connectivity index (χ3n) is 2.82. The Bertz CT molecular complexity index is 699. The summed E-state index contributed by atoms with van der Waals surface area (Å²) in [4.78, 5) is 11.0. The number of hydrogen-bond donors (Lipinski definition) is 0. The Morgan fingerprint density at radius 3 is 1.95 bits per heavy atom. The maximum absolute atomic E-state index is 11.0. The van der Waals surface area contributed by atoms with Crippen molar-refractivity contribution in [1.82, 2.24) is 0 Å². The summed E-state index contributed by atoms with van der Waals surface area (Å²) in [7, 11) is 0. The van der Waals surface area contributed by atoms with E-state index in [4.69, 9.17) is 4.74 Å². The van der Waals surface area contributed by atoms with Crippen molar-refractivity contribution in [2.45, 2.75) is 6.92 Å². The van der Waals surface area contributed by atoms with Crippen LogP contribution >= 0.6 is 0 Å². The smallest absolute Gasteiger partial charge is 0.335 e. The van der Waals surface area contributed by atoms with Crippen molar-refractivity contribution in [2.75, 3.05) is 0 Å². The predicted molar refractivity (Wildman–Crippen MR) is 88.6 cm³/mol. The second-order valence-electron chi connectivity index (χ2n) is 4.59. The lowest BCUT2D eigenvalue weighted by atomic mass is 10.2. The lowest BCUT2D eigenvalue weighted by molar-refractivity contribution is -0.128. The molecule has 0 heterocycles. The number of benzene rings is 2. The first-order chi connectivity index (χ1) is 10.7. The van der Waals surface area contributed by atoms with Gasteiger partial charge in [0.25, 0.3) is 0 Å². The summed E-state index contributed by atoms with van der Waals surface area (Å²) in [6, 6.07) is 15.0. The maximum Gasteiger partial charge on any atom is 0.335 e. The number of carbonyl (C=O) groups is 1. The highest BCUT2D eigenvalue weighted by Gasteiger charge is 1.98. The maximum atomic E-state index is 11.0. The topological polar surface area (TPSA) is 51.0 Å².